The van der Waals surface area contributed by atoms with Crippen molar-refractivity contribution >= 4 is 24.2 Å². The molecule has 0 unspecified atom stereocenters. The zero-order valence-corrected chi connectivity index (χ0v) is 8.12. The topological polar surface area (TPSA) is 271 Å². The van der Waals surface area contributed by atoms with Gasteiger partial charge < -0.3 is 45.2 Å². The number of amides is 7. The van der Waals surface area contributed by atoms with Gasteiger partial charge in [-0.3, -0.25) is 0 Å². The fourth-order valence-electron chi connectivity index (χ4n) is 0. The van der Waals surface area contributed by atoms with Crippen LogP contribution in [0.5, 0.6) is 0 Å². The van der Waals surface area contributed by atoms with Gasteiger partial charge in [-0.15, -0.1) is 0 Å². The summed E-state index contributed by atoms with van der Waals surface area (Å²) < 4.78 is 0. The lowest BCUT2D eigenvalue weighted by molar-refractivity contribution is 0.205. The molecule has 16 heavy (non-hydrogen) atoms. The normalized spacial score (nSPS) is 6.00. The van der Waals surface area contributed by atoms with Crippen molar-refractivity contribution in [2.75, 3.05) is 0 Å². The first kappa shape index (κ1) is 23.2. The van der Waals surface area contributed by atoms with E-state index in [0.717, 1.165) is 0 Å². The molecule has 0 bridgehead atoms. The zero-order chi connectivity index (χ0) is 14.3. The van der Waals surface area contributed by atoms with Crippen LogP contribution in [0, 0.1) is 0 Å². The summed E-state index contributed by atoms with van der Waals surface area (Å²) in [6.07, 6.45) is -1.33. The Morgan fingerprint density at radius 3 is 0.562 bits per heavy atom. The smallest absolute Gasteiger partial charge is 0.402 e. The maximum Gasteiger partial charge on any atom is 0.402 e. The lowest BCUT2D eigenvalue weighted by Gasteiger charge is -1.62. The molecule has 0 aliphatic heterocycles. The molecule has 96 valence electrons. The number of carboxylic acid groups (broad SMARTS) is 1. The molecule has 0 aliphatic carbocycles. The highest BCUT2D eigenvalue weighted by atomic mass is 16.4. The highest BCUT2D eigenvalue weighted by Crippen LogP contribution is 1.34. The fraction of sp³-hybridized carbons (Fsp3) is 0. The standard InChI is InChI=1S/3CH4N2O.CH3NO2/c4*2-1(3)4/h3*(H4,2,3,4);2H2,(H,3,4). The molecule has 0 aromatic heterocycles. The number of carbonyl (C=O) groups is 4. The summed E-state index contributed by atoms with van der Waals surface area (Å²) >= 11 is 0. The number of nitrogens with two attached hydrogens (primary N) is 7. The van der Waals surface area contributed by atoms with Crippen LogP contribution in [-0.4, -0.2) is 29.3 Å². The maximum absolute atomic E-state index is 9.00. The zero-order valence-electron chi connectivity index (χ0n) is 8.12. The van der Waals surface area contributed by atoms with Crippen LogP contribution >= 0.6 is 0 Å². The molecule has 15 N–H and O–H groups in total. The predicted octanol–water partition coefficient (Wildman–Crippen LogP) is -3.31. The van der Waals surface area contributed by atoms with Gasteiger partial charge in [0.05, 0.1) is 0 Å². The van der Waals surface area contributed by atoms with Crippen LogP contribution in [0.3, 0.4) is 0 Å². The molecule has 0 aromatic carbocycles. The third kappa shape index (κ3) is 132. The van der Waals surface area contributed by atoms with E-state index in [1.807, 2.05) is 0 Å². The number of carbonyl (C=O) groups excluding carboxylic acids is 3. The summed E-state index contributed by atoms with van der Waals surface area (Å²) in [6, 6.07) is -2.50. The fourth-order valence-corrected chi connectivity index (χ4v) is 0. The Morgan fingerprint density at radius 2 is 0.562 bits per heavy atom. The van der Waals surface area contributed by atoms with Crippen molar-refractivity contribution in [1.82, 2.24) is 0 Å². The molecule has 0 fully saturated rings. The molecule has 0 saturated heterocycles. The van der Waals surface area contributed by atoms with Gasteiger partial charge in [-0.25, -0.2) is 19.2 Å². The molecule has 0 aliphatic rings. The molecule has 0 saturated carbocycles. The van der Waals surface area contributed by atoms with Gasteiger partial charge >= 0.3 is 24.2 Å². The Morgan fingerprint density at radius 1 is 0.562 bits per heavy atom. The number of primary amides is 7. The third-order valence-corrected chi connectivity index (χ3v) is 0. The molecule has 12 heteroatoms. The highest BCUT2D eigenvalue weighted by Gasteiger charge is 1.65. The Bertz CT molecular complexity index is 165. The van der Waals surface area contributed by atoms with Crippen LogP contribution in [-0.2, 0) is 0 Å². The van der Waals surface area contributed by atoms with Crippen molar-refractivity contribution in [2.45, 2.75) is 0 Å². The van der Waals surface area contributed by atoms with Crippen LogP contribution in [0.15, 0.2) is 0 Å². The molecule has 0 radical (unpaired) electrons. The summed E-state index contributed by atoms with van der Waals surface area (Å²) in [4.78, 5) is 35.8. The number of rotatable bonds is 0. The monoisotopic (exact) mass is 241 g/mol. The molecular weight excluding hydrogens is 226 g/mol. The predicted molar refractivity (Wildman–Crippen MR) is 53.5 cm³/mol. The quantitative estimate of drug-likeness (QED) is 0.215. The molecule has 0 spiro atoms. The van der Waals surface area contributed by atoms with Crippen molar-refractivity contribution in [3.05, 3.63) is 0 Å². The van der Waals surface area contributed by atoms with E-state index in [1.165, 1.54) is 0 Å². The van der Waals surface area contributed by atoms with E-state index in [2.05, 4.69) is 40.1 Å². The van der Waals surface area contributed by atoms with Gasteiger partial charge in [-0.05, 0) is 0 Å². The minimum absolute atomic E-state index is 0.833. The first-order valence-electron chi connectivity index (χ1n) is 3.06. The van der Waals surface area contributed by atoms with Crippen molar-refractivity contribution in [3.8, 4) is 0 Å². The number of hydrogen-bond acceptors (Lipinski definition) is 4. The van der Waals surface area contributed by atoms with Gasteiger partial charge in [-0.2, -0.15) is 0 Å². The van der Waals surface area contributed by atoms with E-state index in [0.29, 0.717) is 0 Å². The second-order valence-corrected chi connectivity index (χ2v) is 1.55. The minimum atomic E-state index is -1.33. The lowest BCUT2D eigenvalue weighted by atomic mass is 11.2. The summed E-state index contributed by atoms with van der Waals surface area (Å²) in [7, 11) is 0. The third-order valence-electron chi connectivity index (χ3n) is 0. The summed E-state index contributed by atoms with van der Waals surface area (Å²) in [6.45, 7) is 0. The van der Waals surface area contributed by atoms with Crippen LogP contribution in [0.25, 0.3) is 0 Å². The Balaban J connectivity index is -0.0000000600. The van der Waals surface area contributed by atoms with Gasteiger partial charge in [0.25, 0.3) is 0 Å². The average Bonchev–Trinajstić information content (AvgIpc) is 1.76. The maximum atomic E-state index is 9.00. The van der Waals surface area contributed by atoms with Crippen LogP contribution in [0.2, 0.25) is 0 Å². The Kier molecular flexibility index (Phi) is 26.0. The SMILES string of the molecule is NC(=O)O.NC(N)=O.NC(N)=O.NC(N)=O. The van der Waals surface area contributed by atoms with Crippen molar-refractivity contribution < 1.29 is 24.3 Å². The minimum Gasteiger partial charge on any atom is -0.465 e. The Labute approximate surface area is 89.7 Å². The van der Waals surface area contributed by atoms with Crippen LogP contribution < -0.4 is 40.1 Å². The first-order chi connectivity index (χ1) is 6.93. The van der Waals surface area contributed by atoms with Crippen molar-refractivity contribution in [2.24, 2.45) is 40.1 Å². The summed E-state index contributed by atoms with van der Waals surface area (Å²) in [5.74, 6) is 0. The second kappa shape index (κ2) is 18.0. The van der Waals surface area contributed by atoms with Crippen molar-refractivity contribution in [3.63, 3.8) is 0 Å². The highest BCUT2D eigenvalue weighted by molar-refractivity contribution is 5.69. The number of hydrogen-bond donors (Lipinski definition) is 8. The van der Waals surface area contributed by atoms with Gasteiger partial charge in [0.1, 0.15) is 0 Å². The van der Waals surface area contributed by atoms with E-state index in [1.54, 1.807) is 0 Å². The van der Waals surface area contributed by atoms with E-state index >= 15 is 0 Å². The van der Waals surface area contributed by atoms with E-state index in [-0.39, 0.29) is 0 Å². The molecule has 7 amide bonds. The van der Waals surface area contributed by atoms with E-state index < -0.39 is 24.2 Å². The van der Waals surface area contributed by atoms with E-state index in [4.69, 9.17) is 24.3 Å². The molecule has 12 nitrogen and oxygen atoms in total. The van der Waals surface area contributed by atoms with Gasteiger partial charge in [0.15, 0.2) is 0 Å². The molecule has 0 rings (SSSR count). The van der Waals surface area contributed by atoms with Gasteiger partial charge in [0.2, 0.25) is 0 Å². The molecule has 0 heterocycles. The Hall–Kier alpha value is -2.92. The van der Waals surface area contributed by atoms with Gasteiger partial charge in [-0.1, -0.05) is 0 Å². The van der Waals surface area contributed by atoms with Gasteiger partial charge in [0, 0.05) is 0 Å². The first-order valence-corrected chi connectivity index (χ1v) is 3.06. The second-order valence-electron chi connectivity index (χ2n) is 1.55. The van der Waals surface area contributed by atoms with Crippen molar-refractivity contribution in [1.29, 1.82) is 0 Å². The summed E-state index contributed by atoms with van der Waals surface area (Å²) in [5, 5.41) is 7.19. The largest absolute Gasteiger partial charge is 0.465 e. The van der Waals surface area contributed by atoms with Crippen LogP contribution in [0.4, 0.5) is 19.2 Å². The summed E-state index contributed by atoms with van der Waals surface area (Å²) in [5.41, 5.74) is 29.5. The average molecular weight is 241 g/mol. The van der Waals surface area contributed by atoms with E-state index in [9.17, 15) is 0 Å². The van der Waals surface area contributed by atoms with Crippen LogP contribution in [0.1, 0.15) is 0 Å². The lowest BCUT2D eigenvalue weighted by Crippen LogP contribution is -2.18. The molecular formula is C4H15N7O5. The number of urea groups is 3. The molecule has 0 atom stereocenters. The molecule has 0 aromatic rings.